The lowest BCUT2D eigenvalue weighted by Crippen LogP contribution is -2.48. The van der Waals surface area contributed by atoms with Crippen LogP contribution in [0.3, 0.4) is 0 Å². The van der Waals surface area contributed by atoms with Crippen LogP contribution >= 0.6 is 0 Å². The highest BCUT2D eigenvalue weighted by Crippen LogP contribution is 2.30. The lowest BCUT2D eigenvalue weighted by Gasteiger charge is -2.33. The number of piperidine rings is 1. The average molecular weight is 520 g/mol. The van der Waals surface area contributed by atoms with Gasteiger partial charge in [-0.1, -0.05) is 60.7 Å². The van der Waals surface area contributed by atoms with Crippen LogP contribution in [0.4, 0.5) is 4.79 Å². The first-order valence-corrected chi connectivity index (χ1v) is 13.9. The first-order valence-electron chi connectivity index (χ1n) is 13.9. The topological polar surface area (TPSA) is 79.0 Å². The summed E-state index contributed by atoms with van der Waals surface area (Å²) in [6, 6.07) is 19.8. The maximum Gasteiger partial charge on any atom is 0.410 e. The van der Waals surface area contributed by atoms with Gasteiger partial charge in [0.05, 0.1) is 0 Å². The van der Waals surface area contributed by atoms with E-state index in [1.165, 1.54) is 0 Å². The summed E-state index contributed by atoms with van der Waals surface area (Å²) in [6.45, 7) is 8.04. The zero-order valence-corrected chi connectivity index (χ0v) is 22.9. The first-order chi connectivity index (χ1) is 18.2. The molecule has 4 rings (SSSR count). The van der Waals surface area contributed by atoms with Gasteiger partial charge in [-0.2, -0.15) is 0 Å². The highest BCUT2D eigenvalue weighted by Gasteiger charge is 2.35. The van der Waals surface area contributed by atoms with E-state index >= 15 is 0 Å². The highest BCUT2D eigenvalue weighted by atomic mass is 16.6. The van der Waals surface area contributed by atoms with Gasteiger partial charge < -0.3 is 19.9 Å². The van der Waals surface area contributed by atoms with Crippen molar-refractivity contribution in [1.29, 1.82) is 0 Å². The molecule has 0 spiro atoms. The van der Waals surface area contributed by atoms with Crippen molar-refractivity contribution in [2.45, 2.75) is 70.4 Å². The molecule has 2 aliphatic rings. The van der Waals surface area contributed by atoms with Gasteiger partial charge in [-0.15, -0.1) is 0 Å². The van der Waals surface area contributed by atoms with Crippen molar-refractivity contribution in [1.82, 2.24) is 15.1 Å². The molecule has 3 amide bonds. The molecule has 7 nitrogen and oxygen atoms in total. The molecule has 38 heavy (non-hydrogen) atoms. The van der Waals surface area contributed by atoms with Crippen LogP contribution < -0.4 is 5.32 Å². The molecule has 0 radical (unpaired) electrons. The second-order valence-electron chi connectivity index (χ2n) is 11.5. The highest BCUT2D eigenvalue weighted by molar-refractivity contribution is 5.88. The van der Waals surface area contributed by atoms with Crippen LogP contribution in [0.15, 0.2) is 60.7 Å². The average Bonchev–Trinajstić information content (AvgIpc) is 3.41. The van der Waals surface area contributed by atoms with E-state index in [1.807, 2.05) is 57.2 Å². The predicted octanol–water partition coefficient (Wildman–Crippen LogP) is 4.96. The number of benzene rings is 2. The summed E-state index contributed by atoms with van der Waals surface area (Å²) < 4.78 is 5.48. The minimum absolute atomic E-state index is 0.0195. The molecule has 1 N–H and O–H groups in total. The minimum atomic E-state index is -0.505. The van der Waals surface area contributed by atoms with Crippen LogP contribution in [0, 0.1) is 5.92 Å². The fraction of sp³-hybridized carbons (Fsp3) is 0.516. The Morgan fingerprint density at radius 1 is 0.895 bits per heavy atom. The van der Waals surface area contributed by atoms with Crippen molar-refractivity contribution >= 4 is 17.9 Å². The van der Waals surface area contributed by atoms with Crippen molar-refractivity contribution in [3.63, 3.8) is 0 Å². The lowest BCUT2D eigenvalue weighted by molar-refractivity contribution is -0.138. The largest absolute Gasteiger partial charge is 0.444 e. The smallest absolute Gasteiger partial charge is 0.410 e. The van der Waals surface area contributed by atoms with Gasteiger partial charge in [0.1, 0.15) is 11.6 Å². The Morgan fingerprint density at radius 2 is 1.47 bits per heavy atom. The van der Waals surface area contributed by atoms with Gasteiger partial charge in [-0.25, -0.2) is 4.79 Å². The third kappa shape index (κ3) is 7.36. The van der Waals surface area contributed by atoms with Gasteiger partial charge in [0.15, 0.2) is 0 Å². The molecule has 1 atom stereocenters. The Balaban J connectivity index is 1.30. The SMILES string of the molecule is CC(C)(C)OC(=O)N1CCC(CNC(=O)[C@@H]2CCCN2C(=O)CC(c2ccccc2)c2ccccc2)CC1. The number of likely N-dealkylation sites (tertiary alicyclic amines) is 2. The van der Waals surface area contributed by atoms with Crippen molar-refractivity contribution in [3.05, 3.63) is 71.8 Å². The molecule has 204 valence electrons. The Labute approximate surface area is 226 Å². The normalized spacial score (nSPS) is 18.5. The molecule has 0 aromatic heterocycles. The predicted molar refractivity (Wildman–Crippen MR) is 148 cm³/mol. The number of carbonyl (C=O) groups excluding carboxylic acids is 3. The summed E-state index contributed by atoms with van der Waals surface area (Å²) in [5.74, 6) is 0.209. The van der Waals surface area contributed by atoms with E-state index in [0.717, 1.165) is 30.4 Å². The standard InChI is InChI=1S/C31H41N3O4/c1-31(2,3)38-30(37)33-19-16-23(17-20-33)22-32-29(36)27-15-10-18-34(27)28(35)21-26(24-11-6-4-7-12-24)25-13-8-5-9-14-25/h4-9,11-14,23,26-27H,10,15-22H2,1-3H3,(H,32,36)/t27-/m0/s1. The molecule has 0 bridgehead atoms. The van der Waals surface area contributed by atoms with Gasteiger partial charge >= 0.3 is 6.09 Å². The summed E-state index contributed by atoms with van der Waals surface area (Å²) in [7, 11) is 0. The monoisotopic (exact) mass is 519 g/mol. The molecule has 2 aromatic carbocycles. The summed E-state index contributed by atoms with van der Waals surface area (Å²) in [4.78, 5) is 42.5. The summed E-state index contributed by atoms with van der Waals surface area (Å²) in [5.41, 5.74) is 1.70. The first kappa shape index (κ1) is 27.7. The second-order valence-corrected chi connectivity index (χ2v) is 11.5. The molecular weight excluding hydrogens is 478 g/mol. The Kier molecular flexibility index (Phi) is 9.08. The molecule has 2 heterocycles. The van der Waals surface area contributed by atoms with Crippen molar-refractivity contribution in [2.75, 3.05) is 26.2 Å². The molecule has 0 unspecified atom stereocenters. The van der Waals surface area contributed by atoms with Crippen LogP contribution in [0.2, 0.25) is 0 Å². The summed E-state index contributed by atoms with van der Waals surface area (Å²) in [6.07, 6.45) is 3.23. The number of carbonyl (C=O) groups is 3. The van der Waals surface area contributed by atoms with Crippen LogP contribution in [0.1, 0.15) is 69.9 Å². The van der Waals surface area contributed by atoms with Gasteiger partial charge in [0.25, 0.3) is 0 Å². The Hall–Kier alpha value is -3.35. The molecule has 2 aromatic rings. The third-order valence-corrected chi connectivity index (χ3v) is 7.49. The van der Waals surface area contributed by atoms with Crippen LogP contribution in [0.25, 0.3) is 0 Å². The Bertz CT molecular complexity index is 1040. The van der Waals surface area contributed by atoms with E-state index < -0.39 is 11.6 Å². The molecule has 2 saturated heterocycles. The molecule has 0 aliphatic carbocycles. The Morgan fingerprint density at radius 3 is 2.03 bits per heavy atom. The van der Waals surface area contributed by atoms with Gasteiger partial charge in [-0.05, 0) is 63.5 Å². The van der Waals surface area contributed by atoms with E-state index in [0.29, 0.717) is 44.9 Å². The van der Waals surface area contributed by atoms with Crippen molar-refractivity contribution < 1.29 is 19.1 Å². The van der Waals surface area contributed by atoms with Crippen LogP contribution in [-0.2, 0) is 14.3 Å². The number of hydrogen-bond acceptors (Lipinski definition) is 4. The molecule has 0 saturated carbocycles. The fourth-order valence-electron chi connectivity index (χ4n) is 5.44. The lowest BCUT2D eigenvalue weighted by atomic mass is 9.88. The maximum absolute atomic E-state index is 13.5. The van der Waals surface area contributed by atoms with E-state index in [4.69, 9.17) is 4.74 Å². The van der Waals surface area contributed by atoms with Gasteiger partial charge in [0.2, 0.25) is 11.8 Å². The van der Waals surface area contributed by atoms with E-state index in [-0.39, 0.29) is 23.8 Å². The number of ether oxygens (including phenoxy) is 1. The van der Waals surface area contributed by atoms with Gasteiger partial charge in [-0.3, -0.25) is 9.59 Å². The number of nitrogens with one attached hydrogen (secondary N) is 1. The van der Waals surface area contributed by atoms with Gasteiger partial charge in [0, 0.05) is 38.5 Å². The molecule has 2 aliphatic heterocycles. The van der Waals surface area contributed by atoms with Crippen molar-refractivity contribution in [3.8, 4) is 0 Å². The number of hydrogen-bond donors (Lipinski definition) is 1. The minimum Gasteiger partial charge on any atom is -0.444 e. The van der Waals surface area contributed by atoms with E-state index in [9.17, 15) is 14.4 Å². The quantitative estimate of drug-likeness (QED) is 0.561. The fourth-order valence-corrected chi connectivity index (χ4v) is 5.44. The zero-order valence-electron chi connectivity index (χ0n) is 22.9. The molecular formula is C31H41N3O4. The summed E-state index contributed by atoms with van der Waals surface area (Å²) in [5, 5.41) is 3.11. The zero-order chi connectivity index (χ0) is 27.1. The van der Waals surface area contributed by atoms with Crippen molar-refractivity contribution in [2.24, 2.45) is 5.92 Å². The number of nitrogens with zero attached hydrogens (tertiary/aromatic N) is 2. The maximum atomic E-state index is 13.5. The number of amides is 3. The second kappa shape index (κ2) is 12.5. The number of rotatable bonds is 7. The molecule has 7 heteroatoms. The van der Waals surface area contributed by atoms with Crippen LogP contribution in [-0.4, -0.2) is 65.5 Å². The van der Waals surface area contributed by atoms with E-state index in [2.05, 4.69) is 29.6 Å². The van der Waals surface area contributed by atoms with Crippen LogP contribution in [0.5, 0.6) is 0 Å². The molecule has 2 fully saturated rings. The van der Waals surface area contributed by atoms with E-state index in [1.54, 1.807) is 9.80 Å². The summed E-state index contributed by atoms with van der Waals surface area (Å²) >= 11 is 0. The third-order valence-electron chi connectivity index (χ3n) is 7.49.